The molecule has 0 unspecified atom stereocenters. The van der Waals surface area contributed by atoms with E-state index in [1.165, 1.54) is 7.11 Å². The number of rotatable bonds is 4. The lowest BCUT2D eigenvalue weighted by atomic mass is 10.1. The Balaban J connectivity index is 2.49. The van der Waals surface area contributed by atoms with E-state index in [0.29, 0.717) is 17.1 Å². The third-order valence-corrected chi connectivity index (χ3v) is 3.81. The molecule has 6 heteroatoms. The molecule has 0 radical (unpaired) electrons. The molecule has 2 rings (SSSR count). The van der Waals surface area contributed by atoms with Crippen molar-refractivity contribution >= 4 is 12.2 Å². The van der Waals surface area contributed by atoms with Crippen LogP contribution in [0.1, 0.15) is 17.0 Å². The second kappa shape index (κ2) is 6.56. The molecule has 0 spiro atoms. The Labute approximate surface area is 134 Å². The van der Waals surface area contributed by atoms with Crippen LogP contribution in [0.3, 0.4) is 0 Å². The van der Waals surface area contributed by atoms with E-state index < -0.39 is 0 Å². The molecule has 0 aliphatic heterocycles. The third kappa shape index (κ3) is 3.21. The summed E-state index contributed by atoms with van der Waals surface area (Å²) in [6.45, 7) is 1.87. The monoisotopic (exact) mass is 317 g/mol. The first kappa shape index (κ1) is 16.6. The van der Waals surface area contributed by atoms with Gasteiger partial charge in [-0.25, -0.2) is 0 Å². The predicted molar refractivity (Wildman–Crippen MR) is 87.7 cm³/mol. The Bertz CT molecular complexity index is 822. The van der Waals surface area contributed by atoms with Crippen LogP contribution in [0.15, 0.2) is 23.0 Å². The number of aromatic nitrogens is 2. The highest BCUT2D eigenvalue weighted by Gasteiger charge is 2.12. The van der Waals surface area contributed by atoms with E-state index in [1.807, 2.05) is 13.0 Å². The van der Waals surface area contributed by atoms with E-state index in [-0.39, 0.29) is 11.4 Å². The van der Waals surface area contributed by atoms with Crippen molar-refractivity contribution in [3.63, 3.8) is 0 Å². The number of aromatic hydroxyl groups is 1. The Morgan fingerprint density at radius 1 is 1.13 bits per heavy atom. The molecule has 23 heavy (non-hydrogen) atoms. The van der Waals surface area contributed by atoms with Gasteiger partial charge >= 0.3 is 5.69 Å². The fraction of sp³-hybridized carbons (Fsp3) is 0.294. The van der Waals surface area contributed by atoms with E-state index in [0.717, 1.165) is 11.4 Å². The number of nitrogens with zero attached hydrogens (tertiary/aromatic N) is 2. The van der Waals surface area contributed by atoms with E-state index in [2.05, 4.69) is 0 Å². The first-order valence-electron chi connectivity index (χ1n) is 7.08. The maximum atomic E-state index is 12.1. The van der Waals surface area contributed by atoms with Gasteiger partial charge in [-0.05, 0) is 25.1 Å². The summed E-state index contributed by atoms with van der Waals surface area (Å²) >= 11 is 0. The fourth-order valence-electron chi connectivity index (χ4n) is 2.27. The molecular weight excluding hydrogens is 296 g/mol. The summed E-state index contributed by atoms with van der Waals surface area (Å²) in [6, 6.07) is 5.08. The van der Waals surface area contributed by atoms with Crippen LogP contribution in [-0.4, -0.2) is 23.9 Å². The molecule has 1 heterocycles. The molecule has 2 aromatic rings. The third-order valence-electron chi connectivity index (χ3n) is 3.81. The molecule has 0 saturated heterocycles. The number of hydrogen-bond donors (Lipinski definition) is 1. The lowest BCUT2D eigenvalue weighted by molar-refractivity contribution is -0.692. The maximum Gasteiger partial charge on any atom is 0.498 e. The SMILES string of the molecule is COc1cc(OC)c(/C=C/c2cc(C)n(C)c(=O)[n+]2C)cc1O. The average molecular weight is 317 g/mol. The van der Waals surface area contributed by atoms with Crippen molar-refractivity contribution in [2.75, 3.05) is 14.2 Å². The smallest absolute Gasteiger partial charge is 0.498 e. The zero-order valence-electron chi connectivity index (χ0n) is 14.0. The minimum Gasteiger partial charge on any atom is -0.504 e. The average Bonchev–Trinajstić information content (AvgIpc) is 2.55. The highest BCUT2D eigenvalue weighted by Crippen LogP contribution is 2.34. The largest absolute Gasteiger partial charge is 0.504 e. The lowest BCUT2D eigenvalue weighted by Crippen LogP contribution is -2.53. The second-order valence-corrected chi connectivity index (χ2v) is 5.21. The molecule has 6 nitrogen and oxygen atoms in total. The van der Waals surface area contributed by atoms with Crippen molar-refractivity contribution in [3.8, 4) is 17.2 Å². The van der Waals surface area contributed by atoms with E-state index in [9.17, 15) is 9.90 Å². The summed E-state index contributed by atoms with van der Waals surface area (Å²) in [5.74, 6) is 0.936. The van der Waals surface area contributed by atoms with Gasteiger partial charge in [0.2, 0.25) is 0 Å². The summed E-state index contributed by atoms with van der Waals surface area (Å²) in [6.07, 6.45) is 3.59. The highest BCUT2D eigenvalue weighted by atomic mass is 16.5. The number of methoxy groups -OCH3 is 2. The molecule has 0 saturated carbocycles. The van der Waals surface area contributed by atoms with Crippen LogP contribution in [0.2, 0.25) is 0 Å². The van der Waals surface area contributed by atoms with Gasteiger partial charge in [-0.2, -0.15) is 13.9 Å². The molecule has 0 aliphatic rings. The molecule has 1 aromatic heterocycles. The number of aryl methyl sites for hydroxylation is 1. The topological polar surface area (TPSA) is 64.6 Å². The van der Waals surface area contributed by atoms with Crippen molar-refractivity contribution in [1.82, 2.24) is 4.57 Å². The fourth-order valence-corrected chi connectivity index (χ4v) is 2.27. The van der Waals surface area contributed by atoms with E-state index in [4.69, 9.17) is 9.47 Å². The first-order valence-corrected chi connectivity index (χ1v) is 7.08. The van der Waals surface area contributed by atoms with Crippen LogP contribution in [-0.2, 0) is 14.1 Å². The van der Waals surface area contributed by atoms with Gasteiger partial charge in [0.15, 0.2) is 11.5 Å². The van der Waals surface area contributed by atoms with Crippen LogP contribution in [0.4, 0.5) is 0 Å². The second-order valence-electron chi connectivity index (χ2n) is 5.21. The number of benzene rings is 1. The molecule has 0 bridgehead atoms. The van der Waals surface area contributed by atoms with Crippen LogP contribution in [0.5, 0.6) is 17.2 Å². The summed E-state index contributed by atoms with van der Waals surface area (Å²) in [4.78, 5) is 12.1. The summed E-state index contributed by atoms with van der Waals surface area (Å²) in [7, 11) is 6.47. The maximum absolute atomic E-state index is 12.1. The van der Waals surface area contributed by atoms with Crippen molar-refractivity contribution in [2.45, 2.75) is 6.92 Å². The van der Waals surface area contributed by atoms with Crippen LogP contribution < -0.4 is 19.7 Å². The molecule has 122 valence electrons. The zero-order chi connectivity index (χ0) is 17.1. The van der Waals surface area contributed by atoms with Crippen LogP contribution >= 0.6 is 0 Å². The molecule has 0 aliphatic carbocycles. The van der Waals surface area contributed by atoms with E-state index in [1.54, 1.807) is 54.6 Å². The minimum atomic E-state index is -0.103. The summed E-state index contributed by atoms with van der Waals surface area (Å²) in [5.41, 5.74) is 2.19. The van der Waals surface area contributed by atoms with Gasteiger partial charge in [-0.15, -0.1) is 0 Å². The Hall–Kier alpha value is -2.76. The first-order chi connectivity index (χ1) is 10.9. The van der Waals surface area contributed by atoms with Crippen LogP contribution in [0.25, 0.3) is 12.2 Å². The van der Waals surface area contributed by atoms with Gasteiger partial charge in [0.05, 0.1) is 28.3 Å². The van der Waals surface area contributed by atoms with E-state index >= 15 is 0 Å². The lowest BCUT2D eigenvalue weighted by Gasteiger charge is -2.09. The molecule has 0 amide bonds. The molecule has 0 fully saturated rings. The van der Waals surface area contributed by atoms with Gasteiger partial charge in [-0.1, -0.05) is 0 Å². The number of hydrogen-bond acceptors (Lipinski definition) is 4. The summed E-state index contributed by atoms with van der Waals surface area (Å²) < 4.78 is 13.5. The quantitative estimate of drug-likeness (QED) is 0.866. The highest BCUT2D eigenvalue weighted by molar-refractivity contribution is 5.72. The predicted octanol–water partition coefficient (Wildman–Crippen LogP) is 1.41. The Morgan fingerprint density at radius 3 is 2.39 bits per heavy atom. The number of phenolic OH excluding ortho intramolecular Hbond substituents is 1. The van der Waals surface area contributed by atoms with Crippen molar-refractivity contribution in [1.29, 1.82) is 0 Å². The van der Waals surface area contributed by atoms with Crippen molar-refractivity contribution < 1.29 is 19.1 Å². The minimum absolute atomic E-state index is 0.0254. The molecule has 0 atom stereocenters. The number of ether oxygens (including phenoxy) is 2. The van der Waals surface area contributed by atoms with Crippen molar-refractivity contribution in [2.24, 2.45) is 14.1 Å². The summed E-state index contributed by atoms with van der Waals surface area (Å²) in [5, 5.41) is 9.91. The zero-order valence-corrected chi connectivity index (χ0v) is 14.0. The normalized spacial score (nSPS) is 11.0. The van der Waals surface area contributed by atoms with Crippen LogP contribution in [0, 0.1) is 6.92 Å². The van der Waals surface area contributed by atoms with Gasteiger partial charge in [-0.3, -0.25) is 0 Å². The number of phenols is 1. The Morgan fingerprint density at radius 2 is 1.78 bits per heavy atom. The van der Waals surface area contributed by atoms with Gasteiger partial charge in [0.1, 0.15) is 17.1 Å². The van der Waals surface area contributed by atoms with Crippen molar-refractivity contribution in [3.05, 3.63) is 45.6 Å². The molecule has 1 N–H and O–H groups in total. The van der Waals surface area contributed by atoms with Gasteiger partial charge in [0, 0.05) is 17.7 Å². The standard InChI is InChI=1S/C17H20N2O4/c1-11-8-13(19(3)17(21)18(11)2)7-6-12-9-14(20)16(23-5)10-15(12)22-4/h6-10H,1-5H3/p+1/b7-6+. The molecular formula is C17H21N2O4+. The molecule has 1 aromatic carbocycles. The Kier molecular flexibility index (Phi) is 4.74. The van der Waals surface area contributed by atoms with Gasteiger partial charge < -0.3 is 14.6 Å². The van der Waals surface area contributed by atoms with Gasteiger partial charge in [0.25, 0.3) is 0 Å².